The minimum absolute atomic E-state index is 0.132. The van der Waals surface area contributed by atoms with Crippen LogP contribution >= 0.6 is 11.3 Å². The highest BCUT2D eigenvalue weighted by Crippen LogP contribution is 2.38. The summed E-state index contributed by atoms with van der Waals surface area (Å²) in [4.78, 5) is 49.1. The Morgan fingerprint density at radius 1 is 1.11 bits per heavy atom. The van der Waals surface area contributed by atoms with Crippen molar-refractivity contribution in [3.05, 3.63) is 80.8 Å². The third-order valence-corrected chi connectivity index (χ3v) is 10.2. The minimum atomic E-state index is -0.250. The molecule has 4 heterocycles. The van der Waals surface area contributed by atoms with Crippen LogP contribution < -0.4 is 10.9 Å². The van der Waals surface area contributed by atoms with Gasteiger partial charge in [0, 0.05) is 37.6 Å². The number of hydrogen-bond donors (Lipinski definition) is 4. The van der Waals surface area contributed by atoms with Gasteiger partial charge in [-0.15, -0.1) is 0 Å². The summed E-state index contributed by atoms with van der Waals surface area (Å²) in [6.07, 6.45) is 6.91. The predicted molar refractivity (Wildman–Crippen MR) is 180 cm³/mol. The molecular weight excluding hydrogens is 602 g/mol. The second-order valence-electron chi connectivity index (χ2n) is 13.3. The first-order valence-corrected chi connectivity index (χ1v) is 16.7. The van der Waals surface area contributed by atoms with E-state index in [1.165, 1.54) is 23.0 Å². The summed E-state index contributed by atoms with van der Waals surface area (Å²) >= 11 is 1.37. The van der Waals surface area contributed by atoms with Gasteiger partial charge in [0.1, 0.15) is 10.3 Å². The van der Waals surface area contributed by atoms with E-state index < -0.39 is 0 Å². The first kappa shape index (κ1) is 33.4. The Labute approximate surface area is 272 Å². The van der Waals surface area contributed by atoms with Crippen LogP contribution in [0.25, 0.3) is 21.5 Å². The summed E-state index contributed by atoms with van der Waals surface area (Å²) < 4.78 is 0. The van der Waals surface area contributed by atoms with Crippen LogP contribution in [-0.4, -0.2) is 68.2 Å². The second-order valence-corrected chi connectivity index (χ2v) is 14.3. The summed E-state index contributed by atoms with van der Waals surface area (Å²) in [6.45, 7) is 9.21. The number of likely N-dealkylation sites (tertiary alicyclic amines) is 1. The number of benzene rings is 1. The maximum atomic E-state index is 13.6. The van der Waals surface area contributed by atoms with Crippen LogP contribution in [0.5, 0.6) is 0 Å². The Morgan fingerprint density at radius 2 is 1.80 bits per heavy atom. The van der Waals surface area contributed by atoms with Crippen molar-refractivity contribution in [3.8, 4) is 11.1 Å². The number of aryl methyl sites for hydroxylation is 1. The van der Waals surface area contributed by atoms with Gasteiger partial charge in [0.25, 0.3) is 12.4 Å². The molecule has 4 N–H and O–H groups in total. The number of piperidine rings is 1. The summed E-state index contributed by atoms with van der Waals surface area (Å²) in [6, 6.07) is 13.4. The van der Waals surface area contributed by atoms with Gasteiger partial charge in [0.05, 0.1) is 12.1 Å². The van der Waals surface area contributed by atoms with E-state index in [2.05, 4.69) is 42.0 Å². The average Bonchev–Trinajstić information content (AvgIpc) is 3.46. The van der Waals surface area contributed by atoms with E-state index in [-0.39, 0.29) is 35.5 Å². The fraction of sp³-hybridized carbons (Fsp3) is 0.457. The number of carbonyl (C=O) groups excluding carboxylic acids is 1. The lowest BCUT2D eigenvalue weighted by Crippen LogP contribution is -2.38. The van der Waals surface area contributed by atoms with Gasteiger partial charge in [-0.3, -0.25) is 14.4 Å². The molecule has 2 aliphatic rings. The lowest BCUT2D eigenvalue weighted by Gasteiger charge is -2.34. The molecule has 6 rings (SSSR count). The van der Waals surface area contributed by atoms with Crippen LogP contribution in [0, 0.1) is 11.3 Å². The number of hydrogen-bond acceptors (Lipinski definition) is 8. The number of H-pyrrole nitrogens is 1. The van der Waals surface area contributed by atoms with Crippen LogP contribution in [0.1, 0.15) is 79.1 Å². The molecular formula is C35H43N5O5S. The summed E-state index contributed by atoms with van der Waals surface area (Å²) in [5, 5.41) is 20.5. The number of carboxylic acid groups (broad SMARTS) is 1. The van der Waals surface area contributed by atoms with E-state index in [0.717, 1.165) is 90.9 Å². The van der Waals surface area contributed by atoms with Crippen molar-refractivity contribution in [1.82, 2.24) is 25.2 Å². The molecule has 1 amide bonds. The lowest BCUT2D eigenvalue weighted by atomic mass is 9.71. The normalized spacial score (nSPS) is 17.9. The van der Waals surface area contributed by atoms with E-state index in [9.17, 15) is 14.7 Å². The zero-order valence-electron chi connectivity index (χ0n) is 26.7. The number of nitrogens with one attached hydrogen (secondary N) is 2. The fourth-order valence-corrected chi connectivity index (χ4v) is 7.19. The highest BCUT2D eigenvalue weighted by Gasteiger charge is 2.30. The largest absolute Gasteiger partial charge is 0.483 e. The predicted octanol–water partition coefficient (Wildman–Crippen LogP) is 5.22. The molecule has 1 saturated heterocycles. The van der Waals surface area contributed by atoms with Crippen molar-refractivity contribution in [1.29, 1.82) is 0 Å². The monoisotopic (exact) mass is 645 g/mol. The zero-order chi connectivity index (χ0) is 32.8. The smallest absolute Gasteiger partial charge is 0.290 e. The summed E-state index contributed by atoms with van der Waals surface area (Å²) in [5.41, 5.74) is 6.27. The Balaban J connectivity index is 0.00000134. The molecule has 1 aliphatic carbocycles. The van der Waals surface area contributed by atoms with Crippen LogP contribution in [0.2, 0.25) is 0 Å². The van der Waals surface area contributed by atoms with Crippen molar-refractivity contribution < 1.29 is 19.8 Å². The molecule has 4 aromatic rings. The van der Waals surface area contributed by atoms with Gasteiger partial charge in [-0.2, -0.15) is 0 Å². The van der Waals surface area contributed by atoms with Gasteiger partial charge in [0.2, 0.25) is 5.56 Å². The summed E-state index contributed by atoms with van der Waals surface area (Å²) in [7, 11) is 0. The molecule has 0 unspecified atom stereocenters. The van der Waals surface area contributed by atoms with Crippen LogP contribution in [0.3, 0.4) is 0 Å². The number of aliphatic hydroxyl groups is 1. The molecule has 46 heavy (non-hydrogen) atoms. The second kappa shape index (κ2) is 14.7. The highest BCUT2D eigenvalue weighted by molar-refractivity contribution is 7.19. The SMILES string of the molecule is CC(C)(C)[C@H]1CCc2nc3sc(C(=O)N[C@H](CCN4CCC(O)CC4)c4ccc(-c5ccc(=O)[nH]c5)cc4)nc3cc2C1.O=CO. The Bertz CT molecular complexity index is 1680. The molecule has 0 radical (unpaired) electrons. The maximum Gasteiger partial charge on any atom is 0.290 e. The molecule has 10 nitrogen and oxygen atoms in total. The molecule has 1 aliphatic heterocycles. The van der Waals surface area contributed by atoms with E-state index in [1.54, 1.807) is 12.3 Å². The topological polar surface area (TPSA) is 149 Å². The van der Waals surface area contributed by atoms with Gasteiger partial charge < -0.3 is 25.4 Å². The third kappa shape index (κ3) is 8.26. The van der Waals surface area contributed by atoms with E-state index in [4.69, 9.17) is 19.9 Å². The highest BCUT2D eigenvalue weighted by atomic mass is 32.1. The van der Waals surface area contributed by atoms with Crippen LogP contribution in [-0.2, 0) is 17.6 Å². The van der Waals surface area contributed by atoms with Crippen LogP contribution in [0.15, 0.2) is 53.5 Å². The number of aromatic amines is 1. The molecule has 3 aromatic heterocycles. The molecule has 0 bridgehead atoms. The quantitative estimate of drug-likeness (QED) is 0.200. The number of amides is 1. The molecule has 244 valence electrons. The molecule has 11 heteroatoms. The van der Waals surface area contributed by atoms with Gasteiger partial charge in [-0.05, 0) is 84.2 Å². The first-order chi connectivity index (χ1) is 22.0. The Hall–Kier alpha value is -3.93. The molecule has 2 atom stereocenters. The number of carbonyl (C=O) groups is 2. The number of nitrogens with zero attached hydrogens (tertiary/aromatic N) is 3. The first-order valence-electron chi connectivity index (χ1n) is 15.9. The fourth-order valence-electron chi connectivity index (χ4n) is 6.34. The van der Waals surface area contributed by atoms with Gasteiger partial charge in [-0.1, -0.05) is 56.4 Å². The van der Waals surface area contributed by atoms with Crippen molar-refractivity contribution in [2.24, 2.45) is 11.3 Å². The van der Waals surface area contributed by atoms with E-state index >= 15 is 0 Å². The number of aliphatic hydroxyl groups excluding tert-OH is 1. The average molecular weight is 646 g/mol. The van der Waals surface area contributed by atoms with Gasteiger partial charge in [-0.25, -0.2) is 9.97 Å². The van der Waals surface area contributed by atoms with Crippen molar-refractivity contribution in [2.45, 2.75) is 71.4 Å². The number of pyridine rings is 2. The standard InChI is InChI=1S/C34H41N5O3S.CH2O2/c1-34(2,3)25-9-10-27-24(18-25)19-29-32(37-27)43-33(38-29)31(42)36-28(14-17-39-15-12-26(40)13-16-39)22-6-4-21(5-7-22)23-8-11-30(41)35-20-23;2-1-3/h4-8,11,19-20,25-26,28,40H,9-10,12-18H2,1-3H3,(H,35,41)(H,36,42);1H,(H,2,3)/t25-,28+;/m0./s1. The summed E-state index contributed by atoms with van der Waals surface area (Å²) in [5.74, 6) is 0.428. The van der Waals surface area contributed by atoms with Crippen molar-refractivity contribution in [2.75, 3.05) is 19.6 Å². The molecule has 0 spiro atoms. The number of rotatable bonds is 7. The number of fused-ring (bicyclic) bond motifs is 2. The molecule has 1 fully saturated rings. The molecule has 0 saturated carbocycles. The van der Waals surface area contributed by atoms with Gasteiger partial charge in [0.15, 0.2) is 5.01 Å². The van der Waals surface area contributed by atoms with E-state index in [0.29, 0.717) is 10.9 Å². The van der Waals surface area contributed by atoms with Crippen molar-refractivity contribution >= 4 is 34.1 Å². The zero-order valence-corrected chi connectivity index (χ0v) is 27.5. The minimum Gasteiger partial charge on any atom is -0.483 e. The number of thiazole rings is 1. The van der Waals surface area contributed by atoms with E-state index in [1.807, 2.05) is 24.3 Å². The molecule has 1 aromatic carbocycles. The van der Waals surface area contributed by atoms with Crippen molar-refractivity contribution in [3.63, 3.8) is 0 Å². The maximum absolute atomic E-state index is 13.6. The third-order valence-electron chi connectivity index (χ3n) is 9.19. The van der Waals surface area contributed by atoms with Gasteiger partial charge >= 0.3 is 0 Å². The van der Waals surface area contributed by atoms with Crippen LogP contribution in [0.4, 0.5) is 0 Å². The Kier molecular flexibility index (Phi) is 10.7. The lowest BCUT2D eigenvalue weighted by molar-refractivity contribution is -0.122. The Morgan fingerprint density at radius 3 is 2.46 bits per heavy atom. The number of aromatic nitrogens is 3.